The van der Waals surface area contributed by atoms with E-state index >= 15 is 0 Å². The molecule has 5 aromatic rings. The molecule has 4 N–H and O–H groups in total. The topological polar surface area (TPSA) is 169 Å². The number of carboxylic acid groups (broad SMARTS) is 1. The SMILES string of the molecule is CC(OC(=O)[C@H](CCC(=O)NC(c1ccccc1)(c1ccccc1)c1ccccc1)NC(=O)OCC1c2ccccc2-c2ccccc21)[C@H](NC(=O)OC(C)(C)C)C(=O)O. The molecule has 0 heterocycles. The molecule has 0 radical (unpaired) electrons. The van der Waals surface area contributed by atoms with Crippen LogP contribution in [0.15, 0.2) is 140 Å². The molecule has 60 heavy (non-hydrogen) atoms. The van der Waals surface area contributed by atoms with Crippen LogP contribution in [0.25, 0.3) is 11.1 Å². The third kappa shape index (κ3) is 10.0. The third-order valence-electron chi connectivity index (χ3n) is 10.2. The van der Waals surface area contributed by atoms with Crippen LogP contribution in [0.4, 0.5) is 9.59 Å². The molecule has 1 unspecified atom stereocenters. The Bertz CT molecular complexity index is 2150. The van der Waals surface area contributed by atoms with Crippen molar-refractivity contribution in [1.29, 1.82) is 0 Å². The number of esters is 1. The molecular weight excluding hydrogens is 763 g/mol. The van der Waals surface area contributed by atoms with Gasteiger partial charge >= 0.3 is 24.1 Å². The van der Waals surface area contributed by atoms with Gasteiger partial charge < -0.3 is 35.3 Å². The molecule has 0 saturated heterocycles. The normalized spacial score (nSPS) is 13.7. The van der Waals surface area contributed by atoms with E-state index in [0.717, 1.165) is 38.9 Å². The van der Waals surface area contributed by atoms with Crippen LogP contribution in [0.3, 0.4) is 0 Å². The van der Waals surface area contributed by atoms with Gasteiger partial charge in [0.05, 0.1) is 0 Å². The fourth-order valence-corrected chi connectivity index (χ4v) is 7.51. The summed E-state index contributed by atoms with van der Waals surface area (Å²) in [5.41, 5.74) is 4.34. The molecule has 6 rings (SSSR count). The smallest absolute Gasteiger partial charge is 0.408 e. The summed E-state index contributed by atoms with van der Waals surface area (Å²) in [6.45, 7) is 6.09. The van der Waals surface area contributed by atoms with Crippen molar-refractivity contribution in [2.75, 3.05) is 6.61 Å². The van der Waals surface area contributed by atoms with E-state index in [4.69, 9.17) is 14.2 Å². The van der Waals surface area contributed by atoms with E-state index in [1.807, 2.05) is 140 Å². The lowest BCUT2D eigenvalue weighted by atomic mass is 9.77. The molecule has 0 spiro atoms. The summed E-state index contributed by atoms with van der Waals surface area (Å²) in [5.74, 6) is -3.25. The van der Waals surface area contributed by atoms with Crippen LogP contribution in [0.2, 0.25) is 0 Å². The average molecular weight is 812 g/mol. The second-order valence-corrected chi connectivity index (χ2v) is 15.6. The first-order valence-electron chi connectivity index (χ1n) is 19.8. The van der Waals surface area contributed by atoms with Crippen molar-refractivity contribution in [1.82, 2.24) is 16.0 Å². The lowest BCUT2D eigenvalue weighted by Gasteiger charge is -2.37. The molecule has 5 aromatic carbocycles. The molecule has 12 heteroatoms. The van der Waals surface area contributed by atoms with Crippen LogP contribution in [0.5, 0.6) is 0 Å². The first kappa shape index (κ1) is 42.7. The molecule has 0 aliphatic heterocycles. The molecule has 1 aliphatic carbocycles. The maximum Gasteiger partial charge on any atom is 0.408 e. The number of ether oxygens (including phenoxy) is 3. The van der Waals surface area contributed by atoms with E-state index in [2.05, 4.69) is 16.0 Å². The molecule has 310 valence electrons. The van der Waals surface area contributed by atoms with E-state index in [1.165, 1.54) is 6.92 Å². The van der Waals surface area contributed by atoms with Gasteiger partial charge in [0.1, 0.15) is 29.9 Å². The van der Waals surface area contributed by atoms with Crippen molar-refractivity contribution in [2.24, 2.45) is 0 Å². The highest BCUT2D eigenvalue weighted by Gasteiger charge is 2.39. The minimum atomic E-state index is -1.70. The fraction of sp³-hybridized carbons (Fsp3) is 0.271. The quantitative estimate of drug-likeness (QED) is 0.0471. The predicted octanol–water partition coefficient (Wildman–Crippen LogP) is 7.69. The van der Waals surface area contributed by atoms with Crippen LogP contribution in [-0.2, 0) is 34.1 Å². The molecule has 0 fully saturated rings. The summed E-state index contributed by atoms with van der Waals surface area (Å²) >= 11 is 0. The Morgan fingerprint density at radius 1 is 0.650 bits per heavy atom. The summed E-state index contributed by atoms with van der Waals surface area (Å²) < 4.78 is 16.5. The van der Waals surface area contributed by atoms with E-state index in [-0.39, 0.29) is 25.4 Å². The standard InChI is InChI=1S/C48H49N3O9/c1-31(42(43(53)54)50-46(57)60-47(2,3)4)59-44(55)40(49-45(56)58-30-39-37-26-16-14-24-35(37)36-25-15-17-27-38(36)39)28-29-41(52)51-48(32-18-8-5-9-19-32,33-20-10-6-11-21-33)34-22-12-7-13-23-34/h5-27,31,39-40,42H,28-30H2,1-4H3,(H,49,56)(H,50,57)(H,51,52)(H,53,54)/t31?,40-,42-/m0/s1. The van der Waals surface area contributed by atoms with Gasteiger partial charge in [0.15, 0.2) is 6.04 Å². The number of nitrogens with one attached hydrogen (secondary N) is 3. The second-order valence-electron chi connectivity index (χ2n) is 15.6. The minimum absolute atomic E-state index is 0.0485. The van der Waals surface area contributed by atoms with Gasteiger partial charge in [0.25, 0.3) is 0 Å². The first-order valence-corrected chi connectivity index (χ1v) is 19.8. The molecule has 3 atom stereocenters. The van der Waals surface area contributed by atoms with Crippen molar-refractivity contribution in [3.05, 3.63) is 167 Å². The van der Waals surface area contributed by atoms with Crippen molar-refractivity contribution < 1.29 is 43.3 Å². The Morgan fingerprint density at radius 3 is 1.58 bits per heavy atom. The Labute approximate surface area is 349 Å². The van der Waals surface area contributed by atoms with Crippen molar-refractivity contribution >= 4 is 30.0 Å². The summed E-state index contributed by atoms with van der Waals surface area (Å²) in [6.07, 6.45) is -3.93. The highest BCUT2D eigenvalue weighted by Crippen LogP contribution is 2.44. The number of amides is 3. The van der Waals surface area contributed by atoms with Gasteiger partial charge in [-0.2, -0.15) is 0 Å². The molecule has 12 nitrogen and oxygen atoms in total. The van der Waals surface area contributed by atoms with Crippen LogP contribution >= 0.6 is 0 Å². The van der Waals surface area contributed by atoms with E-state index in [9.17, 15) is 29.1 Å². The zero-order valence-electron chi connectivity index (χ0n) is 33.9. The van der Waals surface area contributed by atoms with Gasteiger partial charge in [-0.25, -0.2) is 19.2 Å². The maximum absolute atomic E-state index is 14.2. The number of carbonyl (C=O) groups is 5. The van der Waals surface area contributed by atoms with Crippen LogP contribution in [-0.4, -0.2) is 65.5 Å². The van der Waals surface area contributed by atoms with E-state index in [0.29, 0.717) is 0 Å². The Balaban J connectivity index is 1.24. The zero-order valence-corrected chi connectivity index (χ0v) is 33.9. The number of alkyl carbamates (subject to hydrolysis) is 2. The molecule has 0 aromatic heterocycles. The first-order chi connectivity index (χ1) is 28.8. The minimum Gasteiger partial charge on any atom is -0.480 e. The van der Waals surface area contributed by atoms with Gasteiger partial charge in [0, 0.05) is 12.3 Å². The summed E-state index contributed by atoms with van der Waals surface area (Å²) in [4.78, 5) is 66.5. The lowest BCUT2D eigenvalue weighted by Crippen LogP contribution is -2.52. The second kappa shape index (κ2) is 18.8. The van der Waals surface area contributed by atoms with Crippen LogP contribution in [0.1, 0.15) is 74.3 Å². The third-order valence-corrected chi connectivity index (χ3v) is 10.2. The summed E-state index contributed by atoms with van der Waals surface area (Å²) in [7, 11) is 0. The molecule has 1 aliphatic rings. The summed E-state index contributed by atoms with van der Waals surface area (Å²) in [5, 5.41) is 18.0. The van der Waals surface area contributed by atoms with Gasteiger partial charge in [-0.3, -0.25) is 4.79 Å². The number of carboxylic acids is 1. The van der Waals surface area contributed by atoms with Crippen molar-refractivity contribution in [3.63, 3.8) is 0 Å². The summed E-state index contributed by atoms with van der Waals surface area (Å²) in [6, 6.07) is 41.0. The number of hydrogen-bond acceptors (Lipinski definition) is 8. The average Bonchev–Trinajstić information content (AvgIpc) is 3.56. The largest absolute Gasteiger partial charge is 0.480 e. The zero-order chi connectivity index (χ0) is 42.9. The van der Waals surface area contributed by atoms with Crippen LogP contribution < -0.4 is 16.0 Å². The Morgan fingerprint density at radius 2 is 1.12 bits per heavy atom. The van der Waals surface area contributed by atoms with Gasteiger partial charge in [-0.15, -0.1) is 0 Å². The highest BCUT2D eigenvalue weighted by molar-refractivity contribution is 5.85. The Kier molecular flexibility index (Phi) is 13.3. The maximum atomic E-state index is 14.2. The molecule has 0 saturated carbocycles. The number of benzene rings is 5. The van der Waals surface area contributed by atoms with Crippen LogP contribution in [0, 0.1) is 0 Å². The van der Waals surface area contributed by atoms with Gasteiger partial charge in [-0.05, 0) is 73.1 Å². The number of rotatable bonds is 15. The molecule has 0 bridgehead atoms. The van der Waals surface area contributed by atoms with Crippen molar-refractivity contribution in [2.45, 2.75) is 75.8 Å². The fourth-order valence-electron chi connectivity index (χ4n) is 7.51. The number of hydrogen-bond donors (Lipinski definition) is 4. The lowest BCUT2D eigenvalue weighted by molar-refractivity contribution is -0.156. The van der Waals surface area contributed by atoms with E-state index in [1.54, 1.807) is 20.8 Å². The van der Waals surface area contributed by atoms with E-state index < -0.39 is 59.4 Å². The highest BCUT2D eigenvalue weighted by atomic mass is 16.6. The molecular formula is C48H49N3O9. The Hall–Kier alpha value is -6.95. The van der Waals surface area contributed by atoms with Crippen molar-refractivity contribution in [3.8, 4) is 11.1 Å². The predicted molar refractivity (Wildman–Crippen MR) is 225 cm³/mol. The number of aliphatic carboxylic acids is 1. The number of carbonyl (C=O) groups excluding carboxylic acids is 4. The van der Waals surface area contributed by atoms with Gasteiger partial charge in [0.2, 0.25) is 5.91 Å². The number of fused-ring (bicyclic) bond motifs is 3. The van der Waals surface area contributed by atoms with Gasteiger partial charge in [-0.1, -0.05) is 140 Å². The molecule has 3 amide bonds. The monoisotopic (exact) mass is 811 g/mol.